The summed E-state index contributed by atoms with van der Waals surface area (Å²) < 4.78 is 10.6. The van der Waals surface area contributed by atoms with Crippen LogP contribution < -0.4 is 4.90 Å². The number of morpholine rings is 1. The van der Waals surface area contributed by atoms with Crippen LogP contribution in [0.1, 0.15) is 17.4 Å². The summed E-state index contributed by atoms with van der Waals surface area (Å²) in [6.45, 7) is 4.28. The first-order chi connectivity index (χ1) is 14.6. The van der Waals surface area contributed by atoms with Gasteiger partial charge in [0.05, 0.1) is 44.2 Å². The zero-order valence-corrected chi connectivity index (χ0v) is 16.5. The highest BCUT2D eigenvalue weighted by molar-refractivity contribution is 6.14. The van der Waals surface area contributed by atoms with Gasteiger partial charge in [0.2, 0.25) is 0 Å². The average molecular weight is 410 g/mol. The number of quaternary nitrogens is 1. The fraction of sp³-hybridized carbons (Fsp3) is 0.318. The summed E-state index contributed by atoms with van der Waals surface area (Å²) >= 11 is 0. The second-order valence-corrected chi connectivity index (χ2v) is 7.27. The molecule has 0 radical (unpaired) electrons. The molecule has 2 aliphatic rings. The van der Waals surface area contributed by atoms with E-state index in [1.165, 1.54) is 23.3 Å². The van der Waals surface area contributed by atoms with Gasteiger partial charge in [-0.05, 0) is 42.0 Å². The summed E-state index contributed by atoms with van der Waals surface area (Å²) in [5, 5.41) is 10.6. The Labute approximate surface area is 174 Å². The largest absolute Gasteiger partial charge is 0.503 e. The molecule has 1 atom stereocenters. The van der Waals surface area contributed by atoms with E-state index in [2.05, 4.69) is 4.98 Å². The normalized spacial score (nSPS) is 20.5. The molecule has 4 rings (SSSR count). The molecule has 0 bridgehead atoms. The minimum atomic E-state index is -0.658. The van der Waals surface area contributed by atoms with Crippen LogP contribution in [0, 0.1) is 0 Å². The molecule has 1 amide bonds. The molecule has 0 spiro atoms. The van der Waals surface area contributed by atoms with Gasteiger partial charge in [0.15, 0.2) is 11.5 Å². The average Bonchev–Trinajstić information content (AvgIpc) is 3.39. The van der Waals surface area contributed by atoms with Crippen LogP contribution in [0.4, 0.5) is 0 Å². The van der Waals surface area contributed by atoms with Gasteiger partial charge in [-0.1, -0.05) is 0 Å². The molecule has 0 unspecified atom stereocenters. The van der Waals surface area contributed by atoms with Gasteiger partial charge in [0, 0.05) is 12.4 Å². The second-order valence-electron chi connectivity index (χ2n) is 7.27. The number of hydrogen-bond acceptors (Lipinski definition) is 6. The summed E-state index contributed by atoms with van der Waals surface area (Å²) in [6.07, 6.45) is 7.58. The van der Waals surface area contributed by atoms with E-state index in [0.29, 0.717) is 32.1 Å². The molecule has 8 nitrogen and oxygen atoms in total. The molecule has 0 aromatic carbocycles. The first-order valence-electron chi connectivity index (χ1n) is 9.96. The van der Waals surface area contributed by atoms with Gasteiger partial charge in [-0.3, -0.25) is 14.6 Å². The number of rotatable bonds is 7. The third kappa shape index (κ3) is 4.19. The molecular weight excluding hydrogens is 386 g/mol. The van der Waals surface area contributed by atoms with Gasteiger partial charge >= 0.3 is 0 Å². The molecule has 2 N–H and O–H groups in total. The number of allylic oxidation sites excluding steroid dienone is 1. The summed E-state index contributed by atoms with van der Waals surface area (Å²) in [5.41, 5.74) is 0.806. The summed E-state index contributed by atoms with van der Waals surface area (Å²) in [5.74, 6) is -0.941. The van der Waals surface area contributed by atoms with Gasteiger partial charge < -0.3 is 24.1 Å². The predicted molar refractivity (Wildman–Crippen MR) is 107 cm³/mol. The van der Waals surface area contributed by atoms with Crippen LogP contribution in [-0.4, -0.2) is 66.1 Å². The number of ketones is 1. The van der Waals surface area contributed by atoms with E-state index in [9.17, 15) is 14.7 Å². The number of amides is 1. The lowest BCUT2D eigenvalue weighted by atomic mass is 9.96. The van der Waals surface area contributed by atoms with Crippen molar-refractivity contribution in [3.8, 4) is 0 Å². The lowest BCUT2D eigenvalue weighted by Gasteiger charge is -2.29. The number of ether oxygens (including phenoxy) is 1. The van der Waals surface area contributed by atoms with E-state index in [1.807, 2.05) is 0 Å². The van der Waals surface area contributed by atoms with Crippen molar-refractivity contribution in [1.82, 2.24) is 9.88 Å². The topological polar surface area (TPSA) is 97.3 Å². The first kappa shape index (κ1) is 20.1. The van der Waals surface area contributed by atoms with E-state index in [1.54, 1.807) is 41.6 Å². The van der Waals surface area contributed by atoms with Gasteiger partial charge in [-0.2, -0.15) is 0 Å². The van der Waals surface area contributed by atoms with Crippen LogP contribution >= 0.6 is 0 Å². The molecule has 156 valence electrons. The van der Waals surface area contributed by atoms with Gasteiger partial charge in [-0.25, -0.2) is 0 Å². The number of nitrogens with zero attached hydrogens (tertiary/aromatic N) is 2. The third-order valence-corrected chi connectivity index (χ3v) is 5.44. The van der Waals surface area contributed by atoms with E-state index < -0.39 is 23.5 Å². The fourth-order valence-corrected chi connectivity index (χ4v) is 3.85. The number of aliphatic hydroxyl groups is 1. The molecule has 2 aromatic rings. The van der Waals surface area contributed by atoms with Gasteiger partial charge in [-0.15, -0.1) is 0 Å². The highest BCUT2D eigenvalue weighted by Crippen LogP contribution is 2.37. The zero-order valence-electron chi connectivity index (χ0n) is 16.5. The van der Waals surface area contributed by atoms with Gasteiger partial charge in [0.1, 0.15) is 18.8 Å². The maximum Gasteiger partial charge on any atom is 0.290 e. The number of aliphatic hydroxyl groups excluding tert-OH is 1. The number of aromatic nitrogens is 1. The van der Waals surface area contributed by atoms with Crippen molar-refractivity contribution < 1.29 is 28.7 Å². The molecule has 2 aliphatic heterocycles. The molecule has 1 fully saturated rings. The Morgan fingerprint density at radius 2 is 2.03 bits per heavy atom. The molecule has 30 heavy (non-hydrogen) atoms. The van der Waals surface area contributed by atoms with Crippen molar-refractivity contribution in [3.05, 3.63) is 71.7 Å². The quantitative estimate of drug-likeness (QED) is 0.648. The van der Waals surface area contributed by atoms with E-state index in [-0.39, 0.29) is 5.57 Å². The summed E-state index contributed by atoms with van der Waals surface area (Å²) in [7, 11) is 0. The SMILES string of the molecule is O=C(/C=C/c1ccco1)C1=C(O)C(=O)N(CC[NH+]2CCOCC2)[C@H]1c1ccncc1. The molecule has 0 aliphatic carbocycles. The summed E-state index contributed by atoms with van der Waals surface area (Å²) in [4.78, 5) is 32.8. The number of furan rings is 1. The van der Waals surface area contributed by atoms with Crippen LogP contribution in [0.3, 0.4) is 0 Å². The van der Waals surface area contributed by atoms with Crippen molar-refractivity contribution in [3.63, 3.8) is 0 Å². The smallest absolute Gasteiger partial charge is 0.290 e. The lowest BCUT2D eigenvalue weighted by Crippen LogP contribution is -3.14. The minimum Gasteiger partial charge on any atom is -0.503 e. The van der Waals surface area contributed by atoms with E-state index >= 15 is 0 Å². The van der Waals surface area contributed by atoms with Crippen LogP contribution in [-0.2, 0) is 14.3 Å². The van der Waals surface area contributed by atoms with Crippen LogP contribution in [0.15, 0.2) is 64.7 Å². The monoisotopic (exact) mass is 410 g/mol. The molecular formula is C22H24N3O5+. The Bertz CT molecular complexity index is 946. The van der Waals surface area contributed by atoms with Crippen LogP contribution in [0.2, 0.25) is 0 Å². The number of hydrogen-bond donors (Lipinski definition) is 2. The molecule has 4 heterocycles. The maximum atomic E-state index is 13.0. The lowest BCUT2D eigenvalue weighted by molar-refractivity contribution is -0.907. The standard InChI is InChI=1S/C22H23N3O5/c26-18(4-3-17-2-1-13-30-17)19-20(16-5-7-23-8-6-16)25(22(28)21(19)27)10-9-24-11-14-29-15-12-24/h1-8,13,20,27H,9-12,14-15H2/p+1/b4-3+/t20-/m0/s1. The third-order valence-electron chi connectivity index (χ3n) is 5.44. The molecule has 0 saturated carbocycles. The van der Waals surface area contributed by atoms with Gasteiger partial charge in [0.25, 0.3) is 5.91 Å². The second kappa shape index (κ2) is 9.06. The van der Waals surface area contributed by atoms with Crippen molar-refractivity contribution in [2.75, 3.05) is 39.4 Å². The molecule has 8 heteroatoms. The van der Waals surface area contributed by atoms with Crippen molar-refractivity contribution >= 4 is 17.8 Å². The van der Waals surface area contributed by atoms with Crippen LogP contribution in [0.5, 0.6) is 0 Å². The molecule has 1 saturated heterocycles. The number of carbonyl (C=O) groups excluding carboxylic acids is 2. The van der Waals surface area contributed by atoms with E-state index in [0.717, 1.165) is 18.7 Å². The highest BCUT2D eigenvalue weighted by Gasteiger charge is 2.43. The Kier molecular flexibility index (Phi) is 6.06. The fourth-order valence-electron chi connectivity index (χ4n) is 3.85. The van der Waals surface area contributed by atoms with Crippen molar-refractivity contribution in [1.29, 1.82) is 0 Å². The van der Waals surface area contributed by atoms with E-state index in [4.69, 9.17) is 9.15 Å². The Hall–Kier alpha value is -3.23. The van der Waals surface area contributed by atoms with Crippen molar-refractivity contribution in [2.24, 2.45) is 0 Å². The number of carbonyl (C=O) groups is 2. The number of pyridine rings is 1. The Balaban J connectivity index is 1.59. The zero-order chi connectivity index (χ0) is 20.9. The van der Waals surface area contributed by atoms with Crippen molar-refractivity contribution in [2.45, 2.75) is 6.04 Å². The summed E-state index contributed by atoms with van der Waals surface area (Å²) in [6, 6.07) is 6.30. The number of nitrogens with one attached hydrogen (secondary N) is 1. The Morgan fingerprint density at radius 1 is 1.27 bits per heavy atom. The predicted octanol–water partition coefficient (Wildman–Crippen LogP) is 0.568. The Morgan fingerprint density at radius 3 is 2.73 bits per heavy atom. The first-order valence-corrected chi connectivity index (χ1v) is 9.96. The maximum absolute atomic E-state index is 13.0. The van der Waals surface area contributed by atoms with Crippen LogP contribution in [0.25, 0.3) is 6.08 Å². The highest BCUT2D eigenvalue weighted by atomic mass is 16.5. The minimum absolute atomic E-state index is 0.0750. The molecule has 2 aromatic heterocycles.